The van der Waals surface area contributed by atoms with Crippen molar-refractivity contribution in [3.63, 3.8) is 0 Å². The van der Waals surface area contributed by atoms with Gasteiger partial charge in [-0.1, -0.05) is 38.5 Å². The lowest BCUT2D eigenvalue weighted by Crippen LogP contribution is -2.11. The van der Waals surface area contributed by atoms with Crippen molar-refractivity contribution in [2.75, 3.05) is 26.4 Å². The van der Waals surface area contributed by atoms with Gasteiger partial charge in [-0.2, -0.15) is 0 Å². The molecular formula is C27H34O5S2. The van der Waals surface area contributed by atoms with Crippen LogP contribution in [0.5, 0.6) is 0 Å². The Kier molecular flexibility index (Phi) is 7.19. The van der Waals surface area contributed by atoms with E-state index in [0.717, 1.165) is 45.2 Å². The Morgan fingerprint density at radius 2 is 1.00 bits per heavy atom. The van der Waals surface area contributed by atoms with Crippen LogP contribution in [0.2, 0.25) is 0 Å². The highest BCUT2D eigenvalue weighted by molar-refractivity contribution is 7.18. The SMILES string of the molecule is O=C(c1sc(C2OCCO2)cc1C1CCCCC1)c1sc(C2OCCO2)cc1C1CCCCC1. The number of ketones is 1. The summed E-state index contributed by atoms with van der Waals surface area (Å²) in [6, 6.07) is 4.45. The minimum atomic E-state index is -0.328. The fourth-order valence-corrected chi connectivity index (χ4v) is 8.47. The van der Waals surface area contributed by atoms with Crippen LogP contribution in [-0.2, 0) is 18.9 Å². The van der Waals surface area contributed by atoms with Gasteiger partial charge in [0.1, 0.15) is 0 Å². The van der Waals surface area contributed by atoms with Crippen LogP contribution in [0.15, 0.2) is 12.1 Å². The van der Waals surface area contributed by atoms with E-state index in [1.807, 2.05) is 0 Å². The van der Waals surface area contributed by atoms with Crippen LogP contribution in [0.25, 0.3) is 0 Å². The molecule has 4 aliphatic rings. The van der Waals surface area contributed by atoms with Crippen LogP contribution < -0.4 is 0 Å². The van der Waals surface area contributed by atoms with Crippen molar-refractivity contribution in [2.24, 2.45) is 0 Å². The van der Waals surface area contributed by atoms with Gasteiger partial charge in [0, 0.05) is 0 Å². The molecule has 0 aromatic carbocycles. The number of carbonyl (C=O) groups is 1. The molecule has 0 bridgehead atoms. The smallest absolute Gasteiger partial charge is 0.213 e. The highest BCUT2D eigenvalue weighted by atomic mass is 32.1. The largest absolute Gasteiger partial charge is 0.345 e. The van der Waals surface area contributed by atoms with E-state index in [9.17, 15) is 4.79 Å². The quantitative estimate of drug-likeness (QED) is 0.390. The van der Waals surface area contributed by atoms with E-state index in [2.05, 4.69) is 12.1 Å². The van der Waals surface area contributed by atoms with Gasteiger partial charge >= 0.3 is 0 Å². The zero-order chi connectivity index (χ0) is 22.9. The van der Waals surface area contributed by atoms with Crippen LogP contribution in [0.4, 0.5) is 0 Å². The summed E-state index contributed by atoms with van der Waals surface area (Å²) in [6.07, 6.45) is 11.6. The Morgan fingerprint density at radius 3 is 1.38 bits per heavy atom. The molecule has 2 aromatic heterocycles. The van der Waals surface area contributed by atoms with Gasteiger partial charge in [-0.05, 0) is 60.8 Å². The molecule has 0 unspecified atom stereocenters. The van der Waals surface area contributed by atoms with E-state index < -0.39 is 0 Å². The van der Waals surface area contributed by atoms with Crippen molar-refractivity contribution < 1.29 is 23.7 Å². The summed E-state index contributed by atoms with van der Waals surface area (Å²) >= 11 is 3.19. The first kappa shape index (κ1) is 23.3. The Balaban J connectivity index is 1.39. The molecule has 0 N–H and O–H groups in total. The molecule has 0 radical (unpaired) electrons. The summed E-state index contributed by atoms with van der Waals surface area (Å²) in [7, 11) is 0. The molecule has 34 heavy (non-hydrogen) atoms. The van der Waals surface area contributed by atoms with Crippen LogP contribution in [-0.4, -0.2) is 32.2 Å². The minimum absolute atomic E-state index is 0.185. The second-order valence-corrected chi connectivity index (χ2v) is 12.2. The summed E-state index contributed by atoms with van der Waals surface area (Å²) in [5.74, 6) is 1.10. The molecule has 7 heteroatoms. The second kappa shape index (κ2) is 10.5. The highest BCUT2D eigenvalue weighted by Crippen LogP contribution is 2.45. The summed E-state index contributed by atoms with van der Waals surface area (Å²) in [5.41, 5.74) is 2.45. The molecule has 0 amide bonds. The van der Waals surface area contributed by atoms with E-state index in [-0.39, 0.29) is 18.4 Å². The maximum Gasteiger partial charge on any atom is 0.213 e. The van der Waals surface area contributed by atoms with E-state index in [4.69, 9.17) is 18.9 Å². The molecule has 0 spiro atoms. The number of carbonyl (C=O) groups excluding carboxylic acids is 1. The average molecular weight is 503 g/mol. The van der Waals surface area contributed by atoms with Gasteiger partial charge in [-0.3, -0.25) is 4.79 Å². The third-order valence-electron chi connectivity index (χ3n) is 7.77. The molecule has 4 fully saturated rings. The molecule has 0 atom stereocenters. The Morgan fingerprint density at radius 1 is 0.618 bits per heavy atom. The highest BCUT2D eigenvalue weighted by Gasteiger charge is 2.33. The molecule has 6 rings (SSSR count). The Labute approximate surface area is 209 Å². The molecule has 2 saturated heterocycles. The van der Waals surface area contributed by atoms with Gasteiger partial charge in [0.05, 0.1) is 45.9 Å². The molecule has 2 aromatic rings. The van der Waals surface area contributed by atoms with Crippen molar-refractivity contribution in [1.82, 2.24) is 0 Å². The summed E-state index contributed by atoms with van der Waals surface area (Å²) in [5, 5.41) is 0. The van der Waals surface area contributed by atoms with Crippen LogP contribution in [0, 0.1) is 0 Å². The normalized spacial score (nSPS) is 23.8. The van der Waals surface area contributed by atoms with Crippen molar-refractivity contribution in [2.45, 2.75) is 88.6 Å². The molecular weight excluding hydrogens is 468 g/mol. The van der Waals surface area contributed by atoms with Crippen molar-refractivity contribution in [3.8, 4) is 0 Å². The molecule has 2 aliphatic heterocycles. The van der Waals surface area contributed by atoms with Crippen LogP contribution in [0.3, 0.4) is 0 Å². The van der Waals surface area contributed by atoms with Gasteiger partial charge in [0.25, 0.3) is 0 Å². The van der Waals surface area contributed by atoms with E-state index in [1.165, 1.54) is 49.7 Å². The first-order valence-electron chi connectivity index (χ1n) is 13.1. The van der Waals surface area contributed by atoms with Gasteiger partial charge in [0.2, 0.25) is 5.78 Å². The van der Waals surface area contributed by atoms with E-state index >= 15 is 0 Å². The average Bonchev–Trinajstić information content (AvgIpc) is 3.70. The predicted molar refractivity (Wildman–Crippen MR) is 133 cm³/mol. The fourth-order valence-electron chi connectivity index (χ4n) is 6.02. The molecule has 5 nitrogen and oxygen atoms in total. The maximum atomic E-state index is 14.3. The third kappa shape index (κ3) is 4.67. The minimum Gasteiger partial charge on any atom is -0.345 e. The second-order valence-electron chi connectivity index (χ2n) is 10.0. The number of ether oxygens (including phenoxy) is 4. The first-order chi connectivity index (χ1) is 16.8. The Hall–Kier alpha value is -1.09. The third-order valence-corrected chi connectivity index (χ3v) is 10.1. The summed E-state index contributed by atoms with van der Waals surface area (Å²) < 4.78 is 23.3. The lowest BCUT2D eigenvalue weighted by Gasteiger charge is -2.23. The lowest BCUT2D eigenvalue weighted by atomic mass is 9.82. The molecule has 184 valence electrons. The number of rotatable bonds is 6. The molecule has 4 heterocycles. The predicted octanol–water partition coefficient (Wildman–Crippen LogP) is 7.23. The van der Waals surface area contributed by atoms with Gasteiger partial charge < -0.3 is 18.9 Å². The zero-order valence-electron chi connectivity index (χ0n) is 19.7. The molecule has 2 aliphatic carbocycles. The number of thiophene rings is 2. The summed E-state index contributed by atoms with van der Waals surface area (Å²) in [4.78, 5) is 18.2. The van der Waals surface area contributed by atoms with Crippen molar-refractivity contribution in [1.29, 1.82) is 0 Å². The van der Waals surface area contributed by atoms with Gasteiger partial charge in [-0.25, -0.2) is 0 Å². The zero-order valence-corrected chi connectivity index (χ0v) is 21.4. The summed E-state index contributed by atoms with van der Waals surface area (Å²) in [6.45, 7) is 2.47. The standard InChI is InChI=1S/C27H34O5S2/c28-23(24-19(17-7-3-1-4-8-17)15-21(33-24)26-29-11-12-30-26)25-20(18-9-5-2-6-10-18)16-22(34-25)27-31-13-14-32-27/h15-18,26-27H,1-14H2. The fraction of sp³-hybridized carbons (Fsp3) is 0.667. The lowest BCUT2D eigenvalue weighted by molar-refractivity contribution is -0.0415. The molecule has 2 saturated carbocycles. The Bertz CT molecular complexity index is 909. The number of hydrogen-bond donors (Lipinski definition) is 0. The van der Waals surface area contributed by atoms with Gasteiger partial charge in [-0.15, -0.1) is 22.7 Å². The van der Waals surface area contributed by atoms with E-state index in [1.54, 1.807) is 22.7 Å². The van der Waals surface area contributed by atoms with Crippen LogP contribution >= 0.6 is 22.7 Å². The van der Waals surface area contributed by atoms with Crippen LogP contribution in [0.1, 0.15) is 124 Å². The number of hydrogen-bond acceptors (Lipinski definition) is 7. The van der Waals surface area contributed by atoms with Crippen molar-refractivity contribution in [3.05, 3.63) is 42.8 Å². The first-order valence-corrected chi connectivity index (χ1v) is 14.7. The topological polar surface area (TPSA) is 54.0 Å². The monoisotopic (exact) mass is 502 g/mol. The van der Waals surface area contributed by atoms with Gasteiger partial charge in [0.15, 0.2) is 12.6 Å². The maximum absolute atomic E-state index is 14.3. The van der Waals surface area contributed by atoms with E-state index in [0.29, 0.717) is 38.3 Å². The van der Waals surface area contributed by atoms with Crippen molar-refractivity contribution >= 4 is 28.5 Å².